The molecule has 0 saturated carbocycles. The van der Waals surface area contributed by atoms with Gasteiger partial charge in [-0.25, -0.2) is 9.78 Å². The van der Waals surface area contributed by atoms with Crippen LogP contribution in [-0.2, 0) is 0 Å². The van der Waals surface area contributed by atoms with Crippen LogP contribution in [0.15, 0.2) is 30.6 Å². The van der Waals surface area contributed by atoms with Gasteiger partial charge in [-0.15, -0.1) is 0 Å². The fraction of sp³-hybridized carbons (Fsp3) is 0.111. The number of primary amides is 1. The molecular weight excluding hydrogens is 180 g/mol. The molecule has 5 heteroatoms. The van der Waals surface area contributed by atoms with E-state index < -0.39 is 6.03 Å². The molecule has 0 unspecified atom stereocenters. The molecule has 0 aromatic carbocycles. The summed E-state index contributed by atoms with van der Waals surface area (Å²) in [6, 6.07) is 3.12. The van der Waals surface area contributed by atoms with Crippen LogP contribution in [0.25, 0.3) is 0 Å². The Morgan fingerprint density at radius 2 is 2.50 bits per heavy atom. The maximum atomic E-state index is 11.1. The zero-order chi connectivity index (χ0) is 9.97. The molecule has 72 valence electrons. The molecule has 0 radical (unpaired) electrons. The summed E-state index contributed by atoms with van der Waals surface area (Å²) < 4.78 is 0. The Labute approximate surface area is 81.2 Å². The normalized spacial score (nSPS) is 14.1. The number of fused-ring (bicyclic) bond motifs is 1. The molecule has 0 saturated heterocycles. The van der Waals surface area contributed by atoms with Crippen LogP contribution in [0.2, 0.25) is 0 Å². The monoisotopic (exact) mass is 190 g/mol. The molecule has 0 atom stereocenters. The minimum absolute atomic E-state index is 0.536. The first-order valence-electron chi connectivity index (χ1n) is 4.23. The van der Waals surface area contributed by atoms with Crippen molar-refractivity contribution >= 4 is 17.5 Å². The SMILES string of the molecule is NC(=O)N1C=CCNc2cccnc21. The van der Waals surface area contributed by atoms with Gasteiger partial charge in [-0.05, 0) is 18.2 Å². The van der Waals surface area contributed by atoms with Crippen molar-refractivity contribution in [1.29, 1.82) is 0 Å². The van der Waals surface area contributed by atoms with Crippen LogP contribution in [0.3, 0.4) is 0 Å². The maximum Gasteiger partial charge on any atom is 0.324 e. The second-order valence-corrected chi connectivity index (χ2v) is 2.85. The number of anilines is 2. The van der Waals surface area contributed by atoms with Gasteiger partial charge in [-0.1, -0.05) is 0 Å². The number of nitrogens with one attached hydrogen (secondary N) is 1. The van der Waals surface area contributed by atoms with Crippen LogP contribution >= 0.6 is 0 Å². The molecule has 0 aliphatic carbocycles. The van der Waals surface area contributed by atoms with Gasteiger partial charge in [0, 0.05) is 18.9 Å². The van der Waals surface area contributed by atoms with E-state index in [9.17, 15) is 4.79 Å². The summed E-state index contributed by atoms with van der Waals surface area (Å²) in [7, 11) is 0. The number of aromatic nitrogens is 1. The van der Waals surface area contributed by atoms with Gasteiger partial charge in [0.15, 0.2) is 5.82 Å². The largest absolute Gasteiger partial charge is 0.378 e. The number of hydrogen-bond donors (Lipinski definition) is 2. The topological polar surface area (TPSA) is 71.2 Å². The minimum Gasteiger partial charge on any atom is -0.378 e. The second kappa shape index (κ2) is 3.37. The number of nitrogens with two attached hydrogens (primary N) is 1. The molecule has 1 aliphatic rings. The fourth-order valence-corrected chi connectivity index (χ4v) is 1.30. The summed E-state index contributed by atoms with van der Waals surface area (Å²) in [5.41, 5.74) is 6.02. The number of pyridine rings is 1. The van der Waals surface area contributed by atoms with Crippen LogP contribution in [0, 0.1) is 0 Å². The third-order valence-corrected chi connectivity index (χ3v) is 1.92. The smallest absolute Gasteiger partial charge is 0.324 e. The van der Waals surface area contributed by atoms with Gasteiger partial charge >= 0.3 is 6.03 Å². The Morgan fingerprint density at radius 1 is 1.64 bits per heavy atom. The number of urea groups is 1. The molecule has 0 spiro atoms. The maximum absolute atomic E-state index is 11.1. The second-order valence-electron chi connectivity index (χ2n) is 2.85. The molecule has 2 rings (SSSR count). The molecule has 1 aromatic heterocycles. The highest BCUT2D eigenvalue weighted by Gasteiger charge is 2.16. The predicted molar refractivity (Wildman–Crippen MR) is 53.9 cm³/mol. The third-order valence-electron chi connectivity index (χ3n) is 1.92. The van der Waals surface area contributed by atoms with Crippen molar-refractivity contribution in [3.8, 4) is 0 Å². The van der Waals surface area contributed by atoms with Crippen molar-refractivity contribution < 1.29 is 4.79 Å². The molecule has 1 aliphatic heterocycles. The van der Waals surface area contributed by atoms with Gasteiger partial charge in [0.2, 0.25) is 0 Å². The Kier molecular flexibility index (Phi) is 2.06. The molecule has 2 amide bonds. The molecule has 0 fully saturated rings. The van der Waals surface area contributed by atoms with Crippen LogP contribution in [0.1, 0.15) is 0 Å². The number of amides is 2. The standard InChI is InChI=1S/C9H10N4O/c10-9(14)13-6-2-5-11-7-3-1-4-12-8(7)13/h1-4,6,11H,5H2,(H2,10,14). The highest BCUT2D eigenvalue weighted by Crippen LogP contribution is 2.24. The lowest BCUT2D eigenvalue weighted by Crippen LogP contribution is -2.31. The van der Waals surface area contributed by atoms with Crippen molar-refractivity contribution in [2.24, 2.45) is 5.73 Å². The first-order valence-corrected chi connectivity index (χ1v) is 4.23. The summed E-state index contributed by atoms with van der Waals surface area (Å²) in [6.45, 7) is 0.655. The summed E-state index contributed by atoms with van der Waals surface area (Å²) >= 11 is 0. The van der Waals surface area contributed by atoms with Gasteiger partial charge < -0.3 is 11.1 Å². The number of rotatable bonds is 0. The molecule has 0 bridgehead atoms. The van der Waals surface area contributed by atoms with Crippen LogP contribution in [-0.4, -0.2) is 17.6 Å². The van der Waals surface area contributed by atoms with E-state index in [0.717, 1.165) is 5.69 Å². The summed E-state index contributed by atoms with van der Waals surface area (Å²) in [5, 5.41) is 3.11. The van der Waals surface area contributed by atoms with E-state index in [1.165, 1.54) is 4.90 Å². The lowest BCUT2D eigenvalue weighted by Gasteiger charge is -2.15. The van der Waals surface area contributed by atoms with Crippen molar-refractivity contribution in [2.45, 2.75) is 0 Å². The molecule has 5 nitrogen and oxygen atoms in total. The first kappa shape index (κ1) is 8.55. The number of hydrogen-bond acceptors (Lipinski definition) is 3. The first-order chi connectivity index (χ1) is 6.79. The van der Waals surface area contributed by atoms with Crippen molar-refractivity contribution in [3.05, 3.63) is 30.6 Å². The minimum atomic E-state index is -0.537. The number of nitrogens with zero attached hydrogens (tertiary/aromatic N) is 2. The molecule has 3 N–H and O–H groups in total. The van der Waals surface area contributed by atoms with Crippen molar-refractivity contribution in [3.63, 3.8) is 0 Å². The lowest BCUT2D eigenvalue weighted by molar-refractivity contribution is 0.255. The van der Waals surface area contributed by atoms with Crippen molar-refractivity contribution in [1.82, 2.24) is 4.98 Å². The van der Waals surface area contributed by atoms with Crippen LogP contribution in [0.5, 0.6) is 0 Å². The average Bonchev–Trinajstić information content (AvgIpc) is 2.39. The summed E-state index contributed by atoms with van der Waals surface area (Å²) in [6.07, 6.45) is 5.05. The van der Waals surface area contributed by atoms with Gasteiger partial charge in [0.25, 0.3) is 0 Å². The van der Waals surface area contributed by atoms with Crippen LogP contribution < -0.4 is 16.0 Å². The zero-order valence-corrected chi connectivity index (χ0v) is 7.47. The highest BCUT2D eigenvalue weighted by molar-refractivity contribution is 5.95. The summed E-state index contributed by atoms with van der Waals surface area (Å²) in [4.78, 5) is 16.5. The van der Waals surface area contributed by atoms with Gasteiger partial charge in [0.1, 0.15) is 0 Å². The van der Waals surface area contributed by atoms with E-state index in [1.54, 1.807) is 18.5 Å². The lowest BCUT2D eigenvalue weighted by atomic mass is 10.3. The molecular formula is C9H10N4O. The Hall–Kier alpha value is -2.04. The van der Waals surface area contributed by atoms with Gasteiger partial charge in [-0.3, -0.25) is 4.90 Å². The highest BCUT2D eigenvalue weighted by atomic mass is 16.2. The van der Waals surface area contributed by atoms with E-state index in [0.29, 0.717) is 12.4 Å². The van der Waals surface area contributed by atoms with Crippen molar-refractivity contribution in [2.75, 3.05) is 16.8 Å². The Morgan fingerprint density at radius 3 is 3.29 bits per heavy atom. The molecule has 14 heavy (non-hydrogen) atoms. The van der Waals surface area contributed by atoms with E-state index in [2.05, 4.69) is 10.3 Å². The fourth-order valence-electron chi connectivity index (χ4n) is 1.30. The average molecular weight is 190 g/mol. The van der Waals surface area contributed by atoms with E-state index >= 15 is 0 Å². The van der Waals surface area contributed by atoms with E-state index in [1.807, 2.05) is 12.1 Å². The molecule has 2 heterocycles. The van der Waals surface area contributed by atoms with Gasteiger partial charge in [-0.2, -0.15) is 0 Å². The predicted octanol–water partition coefficient (Wildman–Crippen LogP) is 0.906. The van der Waals surface area contributed by atoms with E-state index in [-0.39, 0.29) is 0 Å². The van der Waals surface area contributed by atoms with Crippen LogP contribution in [0.4, 0.5) is 16.3 Å². The number of carbonyl (C=O) groups is 1. The van der Waals surface area contributed by atoms with E-state index in [4.69, 9.17) is 5.73 Å². The number of carbonyl (C=O) groups excluding carboxylic acids is 1. The van der Waals surface area contributed by atoms with Gasteiger partial charge in [0.05, 0.1) is 5.69 Å². The molecule has 1 aromatic rings. The Bertz CT molecular complexity index is 388. The summed E-state index contributed by atoms with van der Waals surface area (Å²) in [5.74, 6) is 0.536. The zero-order valence-electron chi connectivity index (χ0n) is 7.47. The quantitative estimate of drug-likeness (QED) is 0.638. The Balaban J connectivity index is 2.48. The third kappa shape index (κ3) is 1.39.